The summed E-state index contributed by atoms with van der Waals surface area (Å²) in [5.41, 5.74) is 3.29. The fourth-order valence-electron chi connectivity index (χ4n) is 2.70. The zero-order chi connectivity index (χ0) is 17.4. The van der Waals surface area contributed by atoms with E-state index in [1.165, 1.54) is 12.1 Å². The van der Waals surface area contributed by atoms with Gasteiger partial charge in [0, 0.05) is 24.1 Å². The van der Waals surface area contributed by atoms with Gasteiger partial charge in [0.05, 0.1) is 29.0 Å². The van der Waals surface area contributed by atoms with Gasteiger partial charge in [0.1, 0.15) is 11.6 Å². The minimum Gasteiger partial charge on any atom is -0.361 e. The molecule has 0 radical (unpaired) electrons. The number of hydrogen-bond acceptors (Lipinski definition) is 4. The standard InChI is InChI=1S/C18H18FN3O2/c1-10-15(7-13-5-6-14(19)8-17(13)20-10)18(23)22(4)9-16-11(2)21-24-12(16)3/h5-8H,9H2,1-4H3. The molecule has 1 aromatic carbocycles. The summed E-state index contributed by atoms with van der Waals surface area (Å²) >= 11 is 0. The molecule has 0 spiro atoms. The van der Waals surface area contributed by atoms with Crippen LogP contribution >= 0.6 is 0 Å². The Bertz CT molecular complexity index is 914. The van der Waals surface area contributed by atoms with Gasteiger partial charge in [0.15, 0.2) is 0 Å². The number of nitrogens with zero attached hydrogens (tertiary/aromatic N) is 3. The molecule has 0 bridgehead atoms. The summed E-state index contributed by atoms with van der Waals surface area (Å²) in [4.78, 5) is 18.7. The lowest BCUT2D eigenvalue weighted by Gasteiger charge is -2.18. The first-order valence-corrected chi connectivity index (χ1v) is 7.61. The number of fused-ring (bicyclic) bond motifs is 1. The summed E-state index contributed by atoms with van der Waals surface area (Å²) in [6.07, 6.45) is 0. The molecule has 0 aliphatic rings. The molecule has 0 fully saturated rings. The van der Waals surface area contributed by atoms with Gasteiger partial charge >= 0.3 is 0 Å². The van der Waals surface area contributed by atoms with Crippen LogP contribution in [0.3, 0.4) is 0 Å². The fourth-order valence-corrected chi connectivity index (χ4v) is 2.70. The van der Waals surface area contributed by atoms with Gasteiger partial charge in [-0.1, -0.05) is 5.16 Å². The zero-order valence-electron chi connectivity index (χ0n) is 14.1. The molecule has 3 rings (SSSR count). The molecule has 0 unspecified atom stereocenters. The first kappa shape index (κ1) is 16.1. The van der Waals surface area contributed by atoms with Gasteiger partial charge in [-0.25, -0.2) is 4.39 Å². The number of rotatable bonds is 3. The Hall–Kier alpha value is -2.76. The Balaban J connectivity index is 1.93. The van der Waals surface area contributed by atoms with Gasteiger partial charge in [0.25, 0.3) is 5.91 Å². The molecule has 0 atom stereocenters. The third-order valence-corrected chi connectivity index (χ3v) is 4.12. The van der Waals surface area contributed by atoms with Crippen molar-refractivity contribution >= 4 is 16.8 Å². The van der Waals surface area contributed by atoms with Crippen molar-refractivity contribution in [2.75, 3.05) is 7.05 Å². The van der Waals surface area contributed by atoms with E-state index in [2.05, 4.69) is 10.1 Å². The number of aromatic nitrogens is 2. The average Bonchev–Trinajstić information content (AvgIpc) is 2.85. The van der Waals surface area contributed by atoms with E-state index < -0.39 is 0 Å². The van der Waals surface area contributed by atoms with Crippen LogP contribution in [0, 0.1) is 26.6 Å². The molecule has 3 aromatic rings. The zero-order valence-corrected chi connectivity index (χ0v) is 14.1. The summed E-state index contributed by atoms with van der Waals surface area (Å²) in [6.45, 7) is 5.83. The Morgan fingerprint density at radius 1 is 1.21 bits per heavy atom. The summed E-state index contributed by atoms with van der Waals surface area (Å²) in [5, 5.41) is 4.64. The minimum atomic E-state index is -0.344. The van der Waals surface area contributed by atoms with Crippen LogP contribution < -0.4 is 0 Å². The van der Waals surface area contributed by atoms with Crippen LogP contribution in [-0.2, 0) is 6.54 Å². The van der Waals surface area contributed by atoms with Crippen LogP contribution in [0.2, 0.25) is 0 Å². The van der Waals surface area contributed by atoms with Crippen molar-refractivity contribution in [2.24, 2.45) is 0 Å². The molecule has 24 heavy (non-hydrogen) atoms. The molecule has 5 nitrogen and oxygen atoms in total. The topological polar surface area (TPSA) is 59.2 Å². The minimum absolute atomic E-state index is 0.147. The lowest BCUT2D eigenvalue weighted by atomic mass is 10.1. The maximum atomic E-state index is 13.3. The molecule has 0 aliphatic carbocycles. The van der Waals surface area contributed by atoms with Crippen molar-refractivity contribution in [1.82, 2.24) is 15.0 Å². The lowest BCUT2D eigenvalue weighted by Crippen LogP contribution is -2.27. The lowest BCUT2D eigenvalue weighted by molar-refractivity contribution is 0.0783. The monoisotopic (exact) mass is 327 g/mol. The Morgan fingerprint density at radius 3 is 2.62 bits per heavy atom. The first-order valence-electron chi connectivity index (χ1n) is 7.61. The third kappa shape index (κ3) is 2.87. The van der Waals surface area contributed by atoms with Crippen molar-refractivity contribution in [1.29, 1.82) is 0 Å². The molecule has 0 aliphatic heterocycles. The summed E-state index contributed by atoms with van der Waals surface area (Å²) in [5.74, 6) is 0.214. The van der Waals surface area contributed by atoms with E-state index in [9.17, 15) is 9.18 Å². The van der Waals surface area contributed by atoms with Crippen LogP contribution in [0.4, 0.5) is 4.39 Å². The second-order valence-corrected chi connectivity index (χ2v) is 5.92. The van der Waals surface area contributed by atoms with Gasteiger partial charge in [-0.15, -0.1) is 0 Å². The highest BCUT2D eigenvalue weighted by Gasteiger charge is 2.19. The maximum absolute atomic E-state index is 13.3. The van der Waals surface area contributed by atoms with E-state index in [1.54, 1.807) is 31.0 Å². The molecule has 124 valence electrons. The number of amides is 1. The van der Waals surface area contributed by atoms with Crippen molar-refractivity contribution in [3.05, 3.63) is 58.4 Å². The van der Waals surface area contributed by atoms with E-state index >= 15 is 0 Å². The van der Waals surface area contributed by atoms with Crippen LogP contribution in [-0.4, -0.2) is 28.0 Å². The SMILES string of the molecule is Cc1nc2cc(F)ccc2cc1C(=O)N(C)Cc1c(C)noc1C. The van der Waals surface area contributed by atoms with Crippen LogP contribution in [0.1, 0.15) is 33.1 Å². The highest BCUT2D eigenvalue weighted by atomic mass is 19.1. The molecule has 0 N–H and O–H groups in total. The van der Waals surface area contributed by atoms with Gasteiger partial charge in [-0.05, 0) is 39.0 Å². The quantitative estimate of drug-likeness (QED) is 0.738. The van der Waals surface area contributed by atoms with E-state index in [0.29, 0.717) is 29.1 Å². The Kier molecular flexibility index (Phi) is 4.05. The van der Waals surface area contributed by atoms with Crippen molar-refractivity contribution in [3.63, 3.8) is 0 Å². The van der Waals surface area contributed by atoms with Crippen LogP contribution in [0.5, 0.6) is 0 Å². The van der Waals surface area contributed by atoms with Gasteiger partial charge in [-0.3, -0.25) is 9.78 Å². The number of hydrogen-bond donors (Lipinski definition) is 0. The van der Waals surface area contributed by atoms with Crippen molar-refractivity contribution < 1.29 is 13.7 Å². The second kappa shape index (κ2) is 6.03. The molecule has 2 heterocycles. The second-order valence-electron chi connectivity index (χ2n) is 5.92. The van der Waals surface area contributed by atoms with Gasteiger partial charge in [0.2, 0.25) is 0 Å². The van der Waals surface area contributed by atoms with E-state index in [0.717, 1.165) is 16.6 Å². The van der Waals surface area contributed by atoms with Gasteiger partial charge < -0.3 is 9.42 Å². The van der Waals surface area contributed by atoms with E-state index in [-0.39, 0.29) is 11.7 Å². The van der Waals surface area contributed by atoms with E-state index in [1.807, 2.05) is 13.8 Å². The summed E-state index contributed by atoms with van der Waals surface area (Å²) in [7, 11) is 1.72. The summed E-state index contributed by atoms with van der Waals surface area (Å²) < 4.78 is 18.5. The number of halogens is 1. The normalized spacial score (nSPS) is 11.0. The van der Waals surface area contributed by atoms with Crippen molar-refractivity contribution in [2.45, 2.75) is 27.3 Å². The average molecular weight is 327 g/mol. The largest absolute Gasteiger partial charge is 0.361 e. The molecule has 0 saturated carbocycles. The molecule has 2 aromatic heterocycles. The van der Waals surface area contributed by atoms with Crippen molar-refractivity contribution in [3.8, 4) is 0 Å². The van der Waals surface area contributed by atoms with E-state index in [4.69, 9.17) is 4.52 Å². The highest BCUT2D eigenvalue weighted by Crippen LogP contribution is 2.20. The number of carbonyl (C=O) groups is 1. The smallest absolute Gasteiger partial charge is 0.255 e. The fraction of sp³-hybridized carbons (Fsp3) is 0.278. The number of pyridine rings is 1. The summed E-state index contributed by atoms with van der Waals surface area (Å²) in [6, 6.07) is 6.11. The van der Waals surface area contributed by atoms with Crippen LogP contribution in [0.25, 0.3) is 10.9 Å². The third-order valence-electron chi connectivity index (χ3n) is 4.12. The molecule has 1 amide bonds. The predicted octanol–water partition coefficient (Wildman–Crippen LogP) is 3.56. The number of benzene rings is 1. The molecular formula is C18H18FN3O2. The molecular weight excluding hydrogens is 309 g/mol. The molecule has 0 saturated heterocycles. The Morgan fingerprint density at radius 2 is 1.96 bits per heavy atom. The number of aryl methyl sites for hydroxylation is 3. The predicted molar refractivity (Wildman–Crippen MR) is 88.2 cm³/mol. The maximum Gasteiger partial charge on any atom is 0.255 e. The number of carbonyl (C=O) groups excluding carboxylic acids is 1. The first-order chi connectivity index (χ1) is 11.4. The highest BCUT2D eigenvalue weighted by molar-refractivity contribution is 5.98. The van der Waals surface area contributed by atoms with Gasteiger partial charge in [-0.2, -0.15) is 0 Å². The van der Waals surface area contributed by atoms with Crippen LogP contribution in [0.15, 0.2) is 28.8 Å². The Labute approximate surface area is 139 Å². The molecule has 6 heteroatoms.